The van der Waals surface area contributed by atoms with E-state index >= 15 is 0 Å². The van der Waals surface area contributed by atoms with Gasteiger partial charge >= 0.3 is 5.97 Å². The maximum absolute atomic E-state index is 12.2. The van der Waals surface area contributed by atoms with E-state index in [0.717, 1.165) is 0 Å². The first-order valence-electron chi connectivity index (χ1n) is 7.90. The summed E-state index contributed by atoms with van der Waals surface area (Å²) < 4.78 is 15.3. The van der Waals surface area contributed by atoms with Crippen LogP contribution in [-0.4, -0.2) is 42.2 Å². The molecule has 0 saturated heterocycles. The minimum absolute atomic E-state index is 0.160. The third-order valence-corrected chi connectivity index (χ3v) is 3.65. The van der Waals surface area contributed by atoms with Gasteiger partial charge in [0.25, 0.3) is 11.8 Å². The van der Waals surface area contributed by atoms with Gasteiger partial charge in [-0.05, 0) is 26.0 Å². The number of esters is 1. The van der Waals surface area contributed by atoms with Crippen molar-refractivity contribution in [3.05, 3.63) is 36.0 Å². The number of carbonyl (C=O) groups is 3. The van der Waals surface area contributed by atoms with E-state index in [2.05, 4.69) is 10.5 Å². The van der Waals surface area contributed by atoms with Gasteiger partial charge in [-0.2, -0.15) is 0 Å². The second-order valence-electron chi connectivity index (χ2n) is 5.69. The van der Waals surface area contributed by atoms with Crippen molar-refractivity contribution in [2.75, 3.05) is 23.4 Å². The molecule has 0 radical (unpaired) electrons. The van der Waals surface area contributed by atoms with Crippen molar-refractivity contribution in [3.8, 4) is 5.75 Å². The molecule has 1 unspecified atom stereocenters. The largest absolute Gasteiger partial charge is 0.482 e. The molecule has 9 nitrogen and oxygen atoms in total. The summed E-state index contributed by atoms with van der Waals surface area (Å²) in [6.45, 7) is 2.65. The number of carbonyl (C=O) groups excluding carboxylic acids is 3. The highest BCUT2D eigenvalue weighted by atomic mass is 16.5. The minimum atomic E-state index is -1.07. The van der Waals surface area contributed by atoms with Gasteiger partial charge in [0.1, 0.15) is 12.3 Å². The molecule has 1 aromatic carbocycles. The summed E-state index contributed by atoms with van der Waals surface area (Å²) in [7, 11) is 0. The number of amides is 2. The molecule has 9 heteroatoms. The Bertz CT molecular complexity index is 847. The van der Waals surface area contributed by atoms with Crippen LogP contribution in [-0.2, 0) is 19.1 Å². The zero-order valence-corrected chi connectivity index (χ0v) is 14.2. The topological polar surface area (TPSA) is 111 Å². The smallest absolute Gasteiger partial charge is 0.326 e. The highest BCUT2D eigenvalue weighted by Crippen LogP contribution is 2.31. The van der Waals surface area contributed by atoms with Gasteiger partial charge in [-0.15, -0.1) is 0 Å². The quantitative estimate of drug-likeness (QED) is 0.801. The zero-order valence-electron chi connectivity index (χ0n) is 14.2. The zero-order chi connectivity index (χ0) is 18.7. The highest BCUT2D eigenvalue weighted by Gasteiger charge is 2.29. The predicted molar refractivity (Wildman–Crippen MR) is 89.7 cm³/mol. The molecule has 2 aromatic rings. The van der Waals surface area contributed by atoms with Crippen LogP contribution in [0, 0.1) is 6.92 Å². The minimum Gasteiger partial charge on any atom is -0.482 e. The van der Waals surface area contributed by atoms with Crippen molar-refractivity contribution in [1.82, 2.24) is 5.16 Å². The Morgan fingerprint density at radius 1 is 1.38 bits per heavy atom. The maximum Gasteiger partial charge on any atom is 0.326 e. The SMILES string of the molecule is Cc1cc(NC(=O)C(C)OC(=O)CN2C(=O)COc3ccccc32)on1. The van der Waals surface area contributed by atoms with E-state index in [9.17, 15) is 14.4 Å². The summed E-state index contributed by atoms with van der Waals surface area (Å²) in [5.41, 5.74) is 1.09. The number of anilines is 2. The Morgan fingerprint density at radius 3 is 2.88 bits per heavy atom. The Morgan fingerprint density at radius 2 is 2.15 bits per heavy atom. The normalized spacial score (nSPS) is 14.2. The standard InChI is InChI=1S/C17H17N3O6/c1-10-7-14(26-19-10)18-17(23)11(2)25-16(22)8-20-12-5-3-4-6-13(12)24-9-15(20)21/h3-7,11H,8-9H2,1-2H3,(H,18,23). The second kappa shape index (κ2) is 7.26. The van der Waals surface area contributed by atoms with Crippen molar-refractivity contribution in [1.29, 1.82) is 0 Å². The third kappa shape index (κ3) is 3.82. The molecular weight excluding hydrogens is 342 g/mol. The fraction of sp³-hybridized carbons (Fsp3) is 0.294. The van der Waals surface area contributed by atoms with Gasteiger partial charge in [0.05, 0.1) is 11.4 Å². The number of ether oxygens (including phenoxy) is 2. The first-order valence-corrected chi connectivity index (χ1v) is 7.90. The summed E-state index contributed by atoms with van der Waals surface area (Å²) in [6, 6.07) is 8.41. The van der Waals surface area contributed by atoms with Crippen LogP contribution in [0.2, 0.25) is 0 Å². The lowest BCUT2D eigenvalue weighted by atomic mass is 10.2. The van der Waals surface area contributed by atoms with E-state index in [4.69, 9.17) is 14.0 Å². The van der Waals surface area contributed by atoms with Crippen molar-refractivity contribution < 1.29 is 28.4 Å². The van der Waals surface area contributed by atoms with Crippen LogP contribution < -0.4 is 15.0 Å². The predicted octanol–water partition coefficient (Wildman–Crippen LogP) is 1.28. The second-order valence-corrected chi connectivity index (χ2v) is 5.69. The Labute approximate surface area is 148 Å². The average molecular weight is 359 g/mol. The molecule has 2 heterocycles. The molecule has 1 atom stereocenters. The van der Waals surface area contributed by atoms with E-state index in [1.54, 1.807) is 31.2 Å². The molecule has 1 aromatic heterocycles. The molecular formula is C17H17N3O6. The number of aryl methyl sites for hydroxylation is 1. The molecule has 0 spiro atoms. The number of hydrogen-bond acceptors (Lipinski definition) is 7. The molecule has 0 fully saturated rings. The molecule has 0 bridgehead atoms. The van der Waals surface area contributed by atoms with E-state index in [-0.39, 0.29) is 24.9 Å². The van der Waals surface area contributed by atoms with Gasteiger partial charge in [-0.25, -0.2) is 0 Å². The summed E-state index contributed by atoms with van der Waals surface area (Å²) in [5.74, 6) is -0.983. The van der Waals surface area contributed by atoms with Crippen LogP contribution >= 0.6 is 0 Å². The van der Waals surface area contributed by atoms with Crippen LogP contribution in [0.4, 0.5) is 11.6 Å². The van der Waals surface area contributed by atoms with Crippen LogP contribution in [0.5, 0.6) is 5.75 Å². The van der Waals surface area contributed by atoms with Gasteiger partial charge in [0.2, 0.25) is 5.88 Å². The van der Waals surface area contributed by atoms with Gasteiger partial charge in [-0.3, -0.25) is 24.6 Å². The summed E-state index contributed by atoms with van der Waals surface area (Å²) >= 11 is 0. The molecule has 136 valence electrons. The lowest BCUT2D eigenvalue weighted by Gasteiger charge is -2.28. The van der Waals surface area contributed by atoms with Crippen molar-refractivity contribution in [2.45, 2.75) is 20.0 Å². The first kappa shape index (κ1) is 17.5. The fourth-order valence-electron chi connectivity index (χ4n) is 2.39. The third-order valence-electron chi connectivity index (χ3n) is 3.65. The maximum atomic E-state index is 12.2. The van der Waals surface area contributed by atoms with Crippen molar-refractivity contribution in [2.24, 2.45) is 0 Å². The van der Waals surface area contributed by atoms with Gasteiger partial charge in [0.15, 0.2) is 12.7 Å². The van der Waals surface area contributed by atoms with Crippen molar-refractivity contribution >= 4 is 29.4 Å². The number of nitrogens with zero attached hydrogens (tertiary/aromatic N) is 2. The Hall–Kier alpha value is -3.36. The summed E-state index contributed by atoms with van der Waals surface area (Å²) in [6.07, 6.45) is -1.07. The van der Waals surface area contributed by atoms with Crippen molar-refractivity contribution in [3.63, 3.8) is 0 Å². The van der Waals surface area contributed by atoms with Crippen LogP contribution in [0.15, 0.2) is 34.9 Å². The number of aromatic nitrogens is 1. The number of nitrogens with one attached hydrogen (secondary N) is 1. The number of hydrogen-bond donors (Lipinski definition) is 1. The molecule has 3 rings (SSSR count). The Balaban J connectivity index is 1.60. The monoisotopic (exact) mass is 359 g/mol. The number of para-hydroxylation sites is 2. The van der Waals surface area contributed by atoms with Gasteiger partial charge < -0.3 is 14.0 Å². The first-order chi connectivity index (χ1) is 12.4. The molecule has 0 saturated carbocycles. The number of benzene rings is 1. The summed E-state index contributed by atoms with van der Waals surface area (Å²) in [4.78, 5) is 37.5. The molecule has 1 N–H and O–H groups in total. The van der Waals surface area contributed by atoms with E-state index in [1.165, 1.54) is 17.9 Å². The highest BCUT2D eigenvalue weighted by molar-refractivity contribution is 6.01. The van der Waals surface area contributed by atoms with Gasteiger partial charge in [-0.1, -0.05) is 17.3 Å². The van der Waals surface area contributed by atoms with E-state index in [0.29, 0.717) is 17.1 Å². The average Bonchev–Trinajstić information content (AvgIpc) is 3.02. The molecule has 26 heavy (non-hydrogen) atoms. The van der Waals surface area contributed by atoms with E-state index in [1.807, 2.05) is 0 Å². The lowest BCUT2D eigenvalue weighted by Crippen LogP contribution is -2.43. The van der Waals surface area contributed by atoms with Crippen LogP contribution in [0.3, 0.4) is 0 Å². The molecule has 0 aliphatic carbocycles. The number of rotatable bonds is 5. The van der Waals surface area contributed by atoms with Crippen LogP contribution in [0.25, 0.3) is 0 Å². The van der Waals surface area contributed by atoms with Gasteiger partial charge in [0, 0.05) is 6.07 Å². The van der Waals surface area contributed by atoms with E-state index < -0.39 is 18.0 Å². The summed E-state index contributed by atoms with van der Waals surface area (Å²) in [5, 5.41) is 6.09. The molecule has 1 aliphatic rings. The Kier molecular flexibility index (Phi) is 4.87. The number of fused-ring (bicyclic) bond motifs is 1. The van der Waals surface area contributed by atoms with Crippen LogP contribution in [0.1, 0.15) is 12.6 Å². The lowest BCUT2D eigenvalue weighted by molar-refractivity contribution is -0.152. The molecule has 2 amide bonds. The molecule has 1 aliphatic heterocycles. The fourth-order valence-corrected chi connectivity index (χ4v) is 2.39.